The van der Waals surface area contributed by atoms with Gasteiger partial charge >= 0.3 is 0 Å². The summed E-state index contributed by atoms with van der Waals surface area (Å²) in [7, 11) is 2.24. The number of hydrogen-bond acceptors (Lipinski definition) is 8. The van der Waals surface area contributed by atoms with Gasteiger partial charge in [-0.05, 0) is 126 Å². The highest BCUT2D eigenvalue weighted by Gasteiger charge is 2.28. The van der Waals surface area contributed by atoms with Crippen LogP contribution in [0.5, 0.6) is 0 Å². The Morgan fingerprint density at radius 3 is 1.42 bits per heavy atom. The maximum atomic E-state index is 5.64. The molecule has 4 fully saturated rings. The quantitative estimate of drug-likeness (QED) is 0.240. The molecular formula is C37H78N6O2. The Labute approximate surface area is 281 Å². The normalized spacial score (nSPS) is 22.9. The molecule has 0 unspecified atom stereocenters. The van der Waals surface area contributed by atoms with E-state index in [2.05, 4.69) is 78.0 Å². The highest BCUT2D eigenvalue weighted by Crippen LogP contribution is 2.20. The van der Waals surface area contributed by atoms with E-state index in [0.717, 1.165) is 31.8 Å². The van der Waals surface area contributed by atoms with Crippen molar-refractivity contribution in [3.63, 3.8) is 0 Å². The molecule has 8 heteroatoms. The summed E-state index contributed by atoms with van der Waals surface area (Å²) in [5.41, 5.74) is 0. The van der Waals surface area contributed by atoms with Crippen molar-refractivity contribution in [3.8, 4) is 0 Å². The number of rotatable bonds is 14. The number of likely N-dealkylation sites (tertiary alicyclic amines) is 2. The van der Waals surface area contributed by atoms with Gasteiger partial charge in [-0.25, -0.2) is 0 Å². The lowest BCUT2D eigenvalue weighted by molar-refractivity contribution is 0.0294. The molecular weight excluding hydrogens is 560 g/mol. The van der Waals surface area contributed by atoms with Crippen molar-refractivity contribution >= 4 is 0 Å². The summed E-state index contributed by atoms with van der Waals surface area (Å²) >= 11 is 0. The summed E-state index contributed by atoms with van der Waals surface area (Å²) in [4.78, 5) is 15.8. The van der Waals surface area contributed by atoms with E-state index in [9.17, 15) is 0 Å². The van der Waals surface area contributed by atoms with E-state index in [0.29, 0.717) is 18.2 Å². The largest absolute Gasteiger partial charge is 0.379 e. The van der Waals surface area contributed by atoms with Crippen LogP contribution in [0.15, 0.2) is 0 Å². The molecule has 0 saturated carbocycles. The zero-order valence-corrected chi connectivity index (χ0v) is 31.6. The molecule has 0 bridgehead atoms. The van der Waals surface area contributed by atoms with Gasteiger partial charge in [-0.15, -0.1) is 0 Å². The third-order valence-electron chi connectivity index (χ3n) is 10.2. The van der Waals surface area contributed by atoms with Gasteiger partial charge in [0.1, 0.15) is 0 Å². The van der Waals surface area contributed by atoms with E-state index in [4.69, 9.17) is 9.47 Å². The zero-order valence-electron chi connectivity index (χ0n) is 31.6. The van der Waals surface area contributed by atoms with Crippen LogP contribution in [0.3, 0.4) is 0 Å². The van der Waals surface area contributed by atoms with Crippen LogP contribution in [0.4, 0.5) is 0 Å². The first-order valence-electron chi connectivity index (χ1n) is 19.3. The van der Waals surface area contributed by atoms with Crippen molar-refractivity contribution in [2.24, 2.45) is 0 Å². The Bertz CT molecular complexity index is 678. The van der Waals surface area contributed by atoms with Crippen LogP contribution >= 0.6 is 0 Å². The molecule has 0 aromatic carbocycles. The van der Waals surface area contributed by atoms with Crippen molar-refractivity contribution in [1.29, 1.82) is 0 Å². The van der Waals surface area contributed by atoms with Crippen LogP contribution in [0, 0.1) is 0 Å². The van der Waals surface area contributed by atoms with Crippen LogP contribution in [0.25, 0.3) is 0 Å². The van der Waals surface area contributed by atoms with Gasteiger partial charge in [0.15, 0.2) is 0 Å². The van der Waals surface area contributed by atoms with Gasteiger partial charge in [0.05, 0.1) is 18.8 Å². The highest BCUT2D eigenvalue weighted by molar-refractivity contribution is 4.85. The third kappa shape index (κ3) is 17.1. The zero-order chi connectivity index (χ0) is 33.0. The molecule has 0 spiro atoms. The first-order chi connectivity index (χ1) is 21.7. The lowest BCUT2D eigenvalue weighted by Crippen LogP contribution is -2.53. The predicted octanol–water partition coefficient (Wildman–Crippen LogP) is 5.22. The Hall–Kier alpha value is -0.320. The fourth-order valence-electron chi connectivity index (χ4n) is 7.18. The van der Waals surface area contributed by atoms with Gasteiger partial charge in [-0.1, -0.05) is 13.8 Å². The number of unbranched alkanes of at least 4 members (excludes halogenated alkanes) is 2. The molecule has 268 valence electrons. The fourth-order valence-corrected chi connectivity index (χ4v) is 7.18. The van der Waals surface area contributed by atoms with E-state index in [1.165, 1.54) is 130 Å². The second-order valence-corrected chi connectivity index (χ2v) is 14.6. The summed E-state index contributed by atoms with van der Waals surface area (Å²) in [5, 5.41) is 0. The van der Waals surface area contributed by atoms with Crippen LogP contribution in [0.1, 0.15) is 100 Å². The Morgan fingerprint density at radius 1 is 0.511 bits per heavy atom. The summed E-state index contributed by atoms with van der Waals surface area (Å²) < 4.78 is 11.3. The molecule has 4 heterocycles. The van der Waals surface area contributed by atoms with Crippen molar-refractivity contribution in [2.45, 2.75) is 131 Å². The summed E-state index contributed by atoms with van der Waals surface area (Å²) in [6, 6.07) is 2.40. The Balaban J connectivity index is 0.000000304. The molecule has 8 nitrogen and oxygen atoms in total. The molecule has 0 aromatic rings. The van der Waals surface area contributed by atoms with Crippen molar-refractivity contribution in [1.82, 2.24) is 29.4 Å². The smallest absolute Gasteiger partial charge is 0.0596 e. The molecule has 0 radical (unpaired) electrons. The van der Waals surface area contributed by atoms with Crippen LogP contribution < -0.4 is 0 Å². The molecule has 4 aliphatic rings. The number of nitrogens with zero attached hydrogens (tertiary/aromatic N) is 6. The number of ether oxygens (including phenoxy) is 2. The van der Waals surface area contributed by atoms with Gasteiger partial charge in [0, 0.05) is 83.6 Å². The molecule has 0 aromatic heterocycles. The van der Waals surface area contributed by atoms with E-state index >= 15 is 0 Å². The van der Waals surface area contributed by atoms with Crippen LogP contribution in [-0.4, -0.2) is 172 Å². The molecule has 4 rings (SSSR count). The second kappa shape index (κ2) is 23.9. The topological polar surface area (TPSA) is 37.9 Å². The molecule has 0 atom stereocenters. The van der Waals surface area contributed by atoms with E-state index in [-0.39, 0.29) is 0 Å². The maximum absolute atomic E-state index is 5.64. The molecule has 4 aliphatic heterocycles. The van der Waals surface area contributed by atoms with Crippen LogP contribution in [-0.2, 0) is 9.47 Å². The number of piperidine rings is 2. The minimum Gasteiger partial charge on any atom is -0.379 e. The predicted molar refractivity (Wildman–Crippen MR) is 194 cm³/mol. The maximum Gasteiger partial charge on any atom is 0.0596 e. The van der Waals surface area contributed by atoms with Gasteiger partial charge in [0.2, 0.25) is 0 Å². The molecule has 0 N–H and O–H groups in total. The summed E-state index contributed by atoms with van der Waals surface area (Å²) in [5.74, 6) is 0. The highest BCUT2D eigenvalue weighted by atomic mass is 16.5. The first-order valence-corrected chi connectivity index (χ1v) is 19.3. The molecule has 45 heavy (non-hydrogen) atoms. The van der Waals surface area contributed by atoms with Crippen LogP contribution in [0.2, 0.25) is 0 Å². The number of piperazine rings is 2. The van der Waals surface area contributed by atoms with E-state index < -0.39 is 0 Å². The first kappa shape index (κ1) is 40.9. The third-order valence-corrected chi connectivity index (χ3v) is 10.2. The number of hydrogen-bond donors (Lipinski definition) is 0. The fraction of sp³-hybridized carbons (Fsp3) is 1.00. The Kier molecular flexibility index (Phi) is 21.7. The van der Waals surface area contributed by atoms with Crippen molar-refractivity contribution in [3.05, 3.63) is 0 Å². The SMILES string of the molecule is CC.CC(C)OCCCCCN1CCN(C2CCN(C(C)C)CC2)CC1.CC(C)OCCN1CCN(C2CCN(C)CC2)CC1. The lowest BCUT2D eigenvalue weighted by atomic mass is 10.0. The average molecular weight is 639 g/mol. The monoisotopic (exact) mass is 639 g/mol. The van der Waals surface area contributed by atoms with E-state index in [1.54, 1.807) is 0 Å². The minimum atomic E-state index is 0.362. The van der Waals surface area contributed by atoms with Gasteiger partial charge in [0.25, 0.3) is 0 Å². The molecule has 0 aliphatic carbocycles. The second-order valence-electron chi connectivity index (χ2n) is 14.6. The minimum absolute atomic E-state index is 0.362. The molecule has 4 saturated heterocycles. The van der Waals surface area contributed by atoms with Crippen molar-refractivity contribution in [2.75, 3.05) is 112 Å². The summed E-state index contributed by atoms with van der Waals surface area (Å²) in [6.07, 6.45) is 10.0. The van der Waals surface area contributed by atoms with Gasteiger partial charge in [-0.3, -0.25) is 14.7 Å². The van der Waals surface area contributed by atoms with Gasteiger partial charge in [-0.2, -0.15) is 0 Å². The summed E-state index contributed by atoms with van der Waals surface area (Å²) in [6.45, 7) is 36.4. The average Bonchev–Trinajstić information content (AvgIpc) is 3.05. The van der Waals surface area contributed by atoms with E-state index in [1.807, 2.05) is 13.8 Å². The Morgan fingerprint density at radius 2 is 0.956 bits per heavy atom. The van der Waals surface area contributed by atoms with Gasteiger partial charge < -0.3 is 24.2 Å². The van der Waals surface area contributed by atoms with Crippen molar-refractivity contribution < 1.29 is 9.47 Å². The lowest BCUT2D eigenvalue weighted by Gasteiger charge is -2.43. The standard InChI is InChI=1S/C20H41N3O.C15H31N3O.C2H6/c1-18(2)22-11-8-20(9-12-22)23-15-13-21(14-16-23)10-6-5-7-17-24-19(3)4;1-14(2)19-13-12-17-8-10-18(11-9-17)15-4-6-16(3)7-5-15;1-2/h18-20H,5-17H2,1-4H3;14-15H,4-13H2,1-3H3;1-2H3. The molecule has 0 amide bonds.